The SMILES string of the molecule is NCCCCc1cc(Cl)cc2cnccc12. The largest absolute Gasteiger partial charge is 0.330 e. The zero-order valence-corrected chi connectivity index (χ0v) is 9.87. The van der Waals surface area contributed by atoms with Crippen LogP contribution >= 0.6 is 11.6 Å². The Labute approximate surface area is 100 Å². The summed E-state index contributed by atoms with van der Waals surface area (Å²) in [5.41, 5.74) is 6.79. The van der Waals surface area contributed by atoms with E-state index < -0.39 is 0 Å². The van der Waals surface area contributed by atoms with Crippen molar-refractivity contribution in [2.45, 2.75) is 19.3 Å². The predicted octanol–water partition coefficient (Wildman–Crippen LogP) is 3.17. The van der Waals surface area contributed by atoms with Crippen LogP contribution in [0.15, 0.2) is 30.6 Å². The number of aromatic nitrogens is 1. The van der Waals surface area contributed by atoms with Gasteiger partial charge in [0.2, 0.25) is 0 Å². The summed E-state index contributed by atoms with van der Waals surface area (Å²) in [6, 6.07) is 6.04. The number of unbranched alkanes of at least 4 members (excludes halogenated alkanes) is 1. The molecule has 2 rings (SSSR count). The van der Waals surface area contributed by atoms with Crippen LogP contribution in [-0.4, -0.2) is 11.5 Å². The van der Waals surface area contributed by atoms with Gasteiger partial charge in [-0.15, -0.1) is 0 Å². The highest BCUT2D eigenvalue weighted by Crippen LogP contribution is 2.24. The fourth-order valence-corrected chi connectivity index (χ4v) is 2.16. The Balaban J connectivity index is 2.34. The minimum Gasteiger partial charge on any atom is -0.330 e. The number of hydrogen-bond donors (Lipinski definition) is 1. The first-order chi connectivity index (χ1) is 7.81. The molecule has 3 heteroatoms. The fraction of sp³-hybridized carbons (Fsp3) is 0.308. The molecule has 0 radical (unpaired) electrons. The van der Waals surface area contributed by atoms with Crippen molar-refractivity contribution in [3.05, 3.63) is 41.2 Å². The van der Waals surface area contributed by atoms with Crippen molar-refractivity contribution in [1.82, 2.24) is 4.98 Å². The lowest BCUT2D eigenvalue weighted by Gasteiger charge is -2.06. The van der Waals surface area contributed by atoms with Crippen LogP contribution in [0.5, 0.6) is 0 Å². The average molecular weight is 235 g/mol. The molecule has 0 spiro atoms. The Morgan fingerprint density at radius 2 is 2.12 bits per heavy atom. The van der Waals surface area contributed by atoms with Crippen LogP contribution in [0.25, 0.3) is 10.8 Å². The standard InChI is InChI=1S/C13H15ClN2/c14-12-7-10(3-1-2-5-15)13-4-6-16-9-11(13)8-12/h4,6-9H,1-3,5,15H2. The van der Waals surface area contributed by atoms with E-state index in [4.69, 9.17) is 17.3 Å². The fourth-order valence-electron chi connectivity index (χ4n) is 1.92. The van der Waals surface area contributed by atoms with Crippen LogP contribution in [-0.2, 0) is 6.42 Å². The van der Waals surface area contributed by atoms with Gasteiger partial charge in [-0.1, -0.05) is 11.6 Å². The quantitative estimate of drug-likeness (QED) is 0.826. The molecule has 0 atom stereocenters. The van der Waals surface area contributed by atoms with Gasteiger partial charge in [-0.05, 0) is 55.0 Å². The summed E-state index contributed by atoms with van der Waals surface area (Å²) in [5.74, 6) is 0. The van der Waals surface area contributed by atoms with Crippen LogP contribution in [0.1, 0.15) is 18.4 Å². The van der Waals surface area contributed by atoms with Crippen molar-refractivity contribution in [2.75, 3.05) is 6.54 Å². The molecular weight excluding hydrogens is 220 g/mol. The van der Waals surface area contributed by atoms with Gasteiger partial charge in [-0.2, -0.15) is 0 Å². The summed E-state index contributed by atoms with van der Waals surface area (Å²) in [5, 5.41) is 3.14. The summed E-state index contributed by atoms with van der Waals surface area (Å²) in [4.78, 5) is 4.11. The van der Waals surface area contributed by atoms with Gasteiger partial charge in [0.05, 0.1) is 0 Å². The average Bonchev–Trinajstić information content (AvgIpc) is 2.29. The molecule has 2 nitrogen and oxygen atoms in total. The number of benzene rings is 1. The molecule has 2 N–H and O–H groups in total. The Bertz CT molecular complexity index is 482. The molecule has 0 saturated heterocycles. The van der Waals surface area contributed by atoms with Gasteiger partial charge >= 0.3 is 0 Å². The molecule has 84 valence electrons. The Kier molecular flexibility index (Phi) is 3.75. The molecular formula is C13H15ClN2. The van der Waals surface area contributed by atoms with E-state index in [1.165, 1.54) is 10.9 Å². The molecule has 0 saturated carbocycles. The van der Waals surface area contributed by atoms with E-state index in [1.54, 1.807) is 0 Å². The summed E-state index contributed by atoms with van der Waals surface area (Å²) in [6.45, 7) is 0.750. The van der Waals surface area contributed by atoms with Crippen molar-refractivity contribution in [2.24, 2.45) is 5.73 Å². The van der Waals surface area contributed by atoms with Gasteiger partial charge in [0.1, 0.15) is 0 Å². The third-order valence-electron chi connectivity index (χ3n) is 2.70. The van der Waals surface area contributed by atoms with Gasteiger partial charge < -0.3 is 5.73 Å². The van der Waals surface area contributed by atoms with Crippen molar-refractivity contribution in [3.8, 4) is 0 Å². The van der Waals surface area contributed by atoms with Crippen molar-refractivity contribution >= 4 is 22.4 Å². The zero-order chi connectivity index (χ0) is 11.4. The molecule has 16 heavy (non-hydrogen) atoms. The van der Waals surface area contributed by atoms with Crippen LogP contribution in [0.3, 0.4) is 0 Å². The number of pyridine rings is 1. The van der Waals surface area contributed by atoms with Gasteiger partial charge in [-0.3, -0.25) is 4.98 Å². The second-order valence-corrected chi connectivity index (χ2v) is 4.34. The first-order valence-electron chi connectivity index (χ1n) is 5.53. The maximum absolute atomic E-state index is 6.08. The first kappa shape index (κ1) is 11.4. The summed E-state index contributed by atoms with van der Waals surface area (Å²) in [6.07, 6.45) is 6.86. The first-order valence-corrected chi connectivity index (χ1v) is 5.91. The normalized spacial score (nSPS) is 10.9. The predicted molar refractivity (Wildman–Crippen MR) is 68.7 cm³/mol. The van der Waals surface area contributed by atoms with Gasteiger partial charge in [-0.25, -0.2) is 0 Å². The van der Waals surface area contributed by atoms with Crippen molar-refractivity contribution < 1.29 is 0 Å². The van der Waals surface area contributed by atoms with E-state index in [0.29, 0.717) is 0 Å². The maximum Gasteiger partial charge on any atom is 0.0415 e. The lowest BCUT2D eigenvalue weighted by molar-refractivity contribution is 0.747. The highest BCUT2D eigenvalue weighted by molar-refractivity contribution is 6.31. The molecule has 0 aliphatic rings. The molecule has 0 fully saturated rings. The van der Waals surface area contributed by atoms with E-state index >= 15 is 0 Å². The molecule has 2 aromatic rings. The van der Waals surface area contributed by atoms with Crippen LogP contribution < -0.4 is 5.73 Å². The highest BCUT2D eigenvalue weighted by atomic mass is 35.5. The second kappa shape index (κ2) is 5.28. The number of rotatable bonds is 4. The van der Waals surface area contributed by atoms with E-state index in [0.717, 1.165) is 36.2 Å². The molecule has 1 heterocycles. The third-order valence-corrected chi connectivity index (χ3v) is 2.92. The van der Waals surface area contributed by atoms with Gasteiger partial charge in [0.15, 0.2) is 0 Å². The summed E-state index contributed by atoms with van der Waals surface area (Å²) >= 11 is 6.08. The smallest absolute Gasteiger partial charge is 0.0415 e. The molecule has 1 aromatic heterocycles. The Hall–Kier alpha value is -1.12. The van der Waals surface area contributed by atoms with Crippen LogP contribution in [0, 0.1) is 0 Å². The number of halogens is 1. The molecule has 1 aromatic carbocycles. The van der Waals surface area contributed by atoms with Gasteiger partial charge in [0.25, 0.3) is 0 Å². The van der Waals surface area contributed by atoms with Crippen molar-refractivity contribution in [1.29, 1.82) is 0 Å². The van der Waals surface area contributed by atoms with E-state index in [-0.39, 0.29) is 0 Å². The topological polar surface area (TPSA) is 38.9 Å². The lowest BCUT2D eigenvalue weighted by Crippen LogP contribution is -1.99. The molecule has 0 aliphatic carbocycles. The lowest BCUT2D eigenvalue weighted by atomic mass is 10.0. The molecule has 0 unspecified atom stereocenters. The minimum atomic E-state index is 0.750. The number of nitrogens with zero attached hydrogens (tertiary/aromatic N) is 1. The second-order valence-electron chi connectivity index (χ2n) is 3.91. The Morgan fingerprint density at radius 3 is 2.94 bits per heavy atom. The van der Waals surface area contributed by atoms with Crippen LogP contribution in [0.2, 0.25) is 5.02 Å². The van der Waals surface area contributed by atoms with Gasteiger partial charge in [0, 0.05) is 22.8 Å². The maximum atomic E-state index is 6.08. The molecule has 0 bridgehead atoms. The zero-order valence-electron chi connectivity index (χ0n) is 9.12. The number of aryl methyl sites for hydroxylation is 1. The number of nitrogens with two attached hydrogens (primary N) is 1. The third kappa shape index (κ3) is 2.52. The monoisotopic (exact) mass is 234 g/mol. The molecule has 0 amide bonds. The van der Waals surface area contributed by atoms with E-state index in [2.05, 4.69) is 4.98 Å². The van der Waals surface area contributed by atoms with Crippen LogP contribution in [0.4, 0.5) is 0 Å². The van der Waals surface area contributed by atoms with Crippen molar-refractivity contribution in [3.63, 3.8) is 0 Å². The summed E-state index contributed by atoms with van der Waals surface area (Å²) in [7, 11) is 0. The number of fused-ring (bicyclic) bond motifs is 1. The minimum absolute atomic E-state index is 0.750. The molecule has 0 aliphatic heterocycles. The van der Waals surface area contributed by atoms with E-state index in [1.807, 2.05) is 30.6 Å². The number of hydrogen-bond acceptors (Lipinski definition) is 2. The highest BCUT2D eigenvalue weighted by Gasteiger charge is 2.03. The van der Waals surface area contributed by atoms with E-state index in [9.17, 15) is 0 Å². The Morgan fingerprint density at radius 1 is 1.25 bits per heavy atom. The summed E-state index contributed by atoms with van der Waals surface area (Å²) < 4.78 is 0.